The van der Waals surface area contributed by atoms with Gasteiger partial charge in [-0.25, -0.2) is 4.21 Å². The molecule has 0 saturated heterocycles. The van der Waals surface area contributed by atoms with Crippen molar-refractivity contribution in [3.8, 4) is 0 Å². The molecule has 4 heteroatoms. The van der Waals surface area contributed by atoms with E-state index >= 15 is 0 Å². The van der Waals surface area contributed by atoms with Gasteiger partial charge in [0.2, 0.25) is 0 Å². The second kappa shape index (κ2) is 4.96. The molecule has 0 aliphatic heterocycles. The van der Waals surface area contributed by atoms with Gasteiger partial charge in [-0.05, 0) is 33.6 Å². The summed E-state index contributed by atoms with van der Waals surface area (Å²) in [4.78, 5) is -0.334. The number of halogens is 1. The first-order valence-electron chi connectivity index (χ1n) is 5.50. The summed E-state index contributed by atoms with van der Waals surface area (Å²) in [6.07, 6.45) is 7.19. The van der Waals surface area contributed by atoms with Crippen LogP contribution in [0.1, 0.15) is 52.9 Å². The summed E-state index contributed by atoms with van der Waals surface area (Å²) in [6.45, 7) is 5.76. The molecule has 0 N–H and O–H groups in total. The van der Waals surface area contributed by atoms with Gasteiger partial charge >= 0.3 is 0 Å². The molecule has 0 aromatic heterocycles. The molecule has 1 aliphatic carbocycles. The van der Waals surface area contributed by atoms with Crippen LogP contribution in [0.25, 0.3) is 0 Å². The zero-order chi connectivity index (χ0) is 11.5. The van der Waals surface area contributed by atoms with Crippen molar-refractivity contribution in [1.82, 2.24) is 0 Å². The van der Waals surface area contributed by atoms with Crippen LogP contribution in [0, 0.1) is 0 Å². The molecule has 1 unspecified atom stereocenters. The van der Waals surface area contributed by atoms with E-state index in [-0.39, 0.29) is 9.62 Å². The summed E-state index contributed by atoms with van der Waals surface area (Å²) in [5, 5.41) is 0. The van der Waals surface area contributed by atoms with E-state index in [0.29, 0.717) is 0 Å². The van der Waals surface area contributed by atoms with Gasteiger partial charge in [0.1, 0.15) is 11.0 Å². The van der Waals surface area contributed by atoms with Gasteiger partial charge in [0.25, 0.3) is 0 Å². The third kappa shape index (κ3) is 4.23. The van der Waals surface area contributed by atoms with E-state index in [1.165, 1.54) is 6.42 Å². The molecule has 1 fully saturated rings. The van der Waals surface area contributed by atoms with Crippen molar-refractivity contribution >= 4 is 28.8 Å². The van der Waals surface area contributed by atoms with Crippen molar-refractivity contribution in [3.63, 3.8) is 0 Å². The van der Waals surface area contributed by atoms with Crippen molar-refractivity contribution < 1.29 is 4.21 Å². The lowest BCUT2D eigenvalue weighted by Gasteiger charge is -2.27. The maximum absolute atomic E-state index is 11.7. The first-order chi connectivity index (χ1) is 6.83. The fourth-order valence-electron chi connectivity index (χ4n) is 1.57. The minimum atomic E-state index is -1.18. The number of alkyl halides is 1. The van der Waals surface area contributed by atoms with Gasteiger partial charge in [-0.3, -0.25) is 0 Å². The maximum Gasteiger partial charge on any atom is 0.144 e. The number of nitrogens with zero attached hydrogens (tertiary/aromatic N) is 1. The van der Waals surface area contributed by atoms with E-state index in [9.17, 15) is 4.21 Å². The van der Waals surface area contributed by atoms with Crippen molar-refractivity contribution in [2.24, 2.45) is 4.40 Å². The van der Waals surface area contributed by atoms with Crippen molar-refractivity contribution in [2.75, 3.05) is 0 Å². The second-order valence-electron chi connectivity index (χ2n) is 5.19. The van der Waals surface area contributed by atoms with Crippen LogP contribution in [0.3, 0.4) is 0 Å². The fourth-order valence-corrected chi connectivity index (χ4v) is 2.56. The number of rotatable bonds is 2. The smallest absolute Gasteiger partial charge is 0.144 e. The van der Waals surface area contributed by atoms with Crippen LogP contribution in [0.4, 0.5) is 0 Å². The molecule has 15 heavy (non-hydrogen) atoms. The molecule has 1 rings (SSSR count). The molecular formula is C11H20ClNOS. The lowest BCUT2D eigenvalue weighted by molar-refractivity contribution is 0.469. The maximum atomic E-state index is 11.7. The molecule has 0 spiro atoms. The van der Waals surface area contributed by atoms with Gasteiger partial charge in [-0.15, -0.1) is 11.6 Å². The normalized spacial score (nSPS) is 24.3. The lowest BCUT2D eigenvalue weighted by Crippen LogP contribution is -2.28. The molecule has 2 nitrogen and oxygen atoms in total. The first kappa shape index (κ1) is 13.2. The van der Waals surface area contributed by atoms with E-state index in [4.69, 9.17) is 11.6 Å². The van der Waals surface area contributed by atoms with Gasteiger partial charge in [0.15, 0.2) is 0 Å². The Hall–Kier alpha value is 0.110. The Bertz CT molecular complexity index is 264. The van der Waals surface area contributed by atoms with E-state index < -0.39 is 11.0 Å². The predicted molar refractivity (Wildman–Crippen MR) is 68.1 cm³/mol. The van der Waals surface area contributed by atoms with Gasteiger partial charge in [0, 0.05) is 6.21 Å². The van der Waals surface area contributed by atoms with Crippen LogP contribution in [0.2, 0.25) is 0 Å². The average molecular weight is 250 g/mol. The molecule has 0 aromatic carbocycles. The number of hydrogen-bond acceptors (Lipinski definition) is 1. The Morgan fingerprint density at radius 2 is 1.80 bits per heavy atom. The molecule has 0 heterocycles. The third-order valence-electron chi connectivity index (χ3n) is 2.59. The van der Waals surface area contributed by atoms with E-state index in [1.54, 1.807) is 6.21 Å². The van der Waals surface area contributed by atoms with E-state index in [0.717, 1.165) is 25.7 Å². The van der Waals surface area contributed by atoms with E-state index in [2.05, 4.69) is 4.40 Å². The standard InChI is InChI=1S/C11H20ClNOS/c1-10(2,3)15(14)13-9-11(12)7-5-4-6-8-11/h9H,4-8H2,1-3H3/b13-9+. The first-order valence-corrected chi connectivity index (χ1v) is 6.98. The van der Waals surface area contributed by atoms with Gasteiger partial charge in [-0.2, -0.15) is 4.40 Å². The molecule has 1 aliphatic rings. The highest BCUT2D eigenvalue weighted by atomic mass is 35.5. The Morgan fingerprint density at radius 1 is 1.27 bits per heavy atom. The molecule has 0 aromatic rings. The zero-order valence-electron chi connectivity index (χ0n) is 9.75. The topological polar surface area (TPSA) is 29.4 Å². The fraction of sp³-hybridized carbons (Fsp3) is 0.909. The van der Waals surface area contributed by atoms with E-state index in [1.807, 2.05) is 20.8 Å². The zero-order valence-corrected chi connectivity index (χ0v) is 11.3. The van der Waals surface area contributed by atoms with Crippen LogP contribution in [-0.2, 0) is 11.0 Å². The Kier molecular flexibility index (Phi) is 4.36. The minimum absolute atomic E-state index is 0.293. The van der Waals surface area contributed by atoms with Crippen molar-refractivity contribution in [2.45, 2.75) is 62.5 Å². The van der Waals surface area contributed by atoms with Gasteiger partial charge < -0.3 is 0 Å². The summed E-state index contributed by atoms with van der Waals surface area (Å²) in [5.74, 6) is 0. The van der Waals surface area contributed by atoms with Gasteiger partial charge in [-0.1, -0.05) is 19.3 Å². The molecule has 1 saturated carbocycles. The second-order valence-corrected chi connectivity index (χ2v) is 7.88. The van der Waals surface area contributed by atoms with Crippen LogP contribution in [0.5, 0.6) is 0 Å². The average Bonchev–Trinajstić information content (AvgIpc) is 2.14. The molecule has 0 radical (unpaired) electrons. The summed E-state index contributed by atoms with van der Waals surface area (Å²) in [7, 11) is -1.18. The highest BCUT2D eigenvalue weighted by Crippen LogP contribution is 2.32. The Balaban J connectivity index is 2.60. The monoisotopic (exact) mass is 249 g/mol. The lowest BCUT2D eigenvalue weighted by atomic mass is 9.89. The predicted octanol–water partition coefficient (Wildman–Crippen LogP) is 3.46. The minimum Gasteiger partial charge on any atom is -0.234 e. The molecule has 88 valence electrons. The summed E-state index contributed by atoms with van der Waals surface area (Å²) in [6, 6.07) is 0. The third-order valence-corrected chi connectivity index (χ3v) is 4.41. The highest BCUT2D eigenvalue weighted by Gasteiger charge is 2.28. The Labute approximate surface area is 100 Å². The summed E-state index contributed by atoms with van der Waals surface area (Å²) in [5.41, 5.74) is 0. The van der Waals surface area contributed by atoms with Gasteiger partial charge in [0.05, 0.1) is 9.62 Å². The van der Waals surface area contributed by atoms with Crippen LogP contribution in [0.15, 0.2) is 4.40 Å². The van der Waals surface area contributed by atoms with Crippen molar-refractivity contribution in [1.29, 1.82) is 0 Å². The molecular weight excluding hydrogens is 230 g/mol. The highest BCUT2D eigenvalue weighted by molar-refractivity contribution is 7.85. The quantitative estimate of drug-likeness (QED) is 0.544. The SMILES string of the molecule is CC(C)(C)S(=O)/N=C/C1(Cl)CCCCC1. The molecule has 0 amide bonds. The molecule has 0 bridgehead atoms. The van der Waals surface area contributed by atoms with Crippen LogP contribution >= 0.6 is 11.6 Å². The number of hydrogen-bond donors (Lipinski definition) is 0. The molecule has 1 atom stereocenters. The summed E-state index contributed by atoms with van der Waals surface area (Å²) >= 11 is 6.39. The van der Waals surface area contributed by atoms with Crippen molar-refractivity contribution in [3.05, 3.63) is 0 Å². The summed E-state index contributed by atoms with van der Waals surface area (Å²) < 4.78 is 15.5. The largest absolute Gasteiger partial charge is 0.234 e. The Morgan fingerprint density at radius 3 is 2.27 bits per heavy atom. The van der Waals surface area contributed by atoms with Crippen LogP contribution in [-0.4, -0.2) is 20.0 Å². The van der Waals surface area contributed by atoms with Crippen LogP contribution < -0.4 is 0 Å².